The highest BCUT2D eigenvalue weighted by Crippen LogP contribution is 2.29. The molecule has 3 heterocycles. The van der Waals surface area contributed by atoms with Crippen molar-refractivity contribution in [3.05, 3.63) is 28.5 Å². The van der Waals surface area contributed by atoms with E-state index in [1.165, 1.54) is 22.6 Å². The maximum absolute atomic E-state index is 12.5. The molecule has 1 aliphatic rings. The Bertz CT molecular complexity index is 906. The molecular weight excluding hydrogens is 362 g/mol. The molecule has 0 radical (unpaired) electrons. The van der Waals surface area contributed by atoms with Gasteiger partial charge in [0.1, 0.15) is 15.6 Å². The smallest absolute Gasteiger partial charge is 0.252 e. The summed E-state index contributed by atoms with van der Waals surface area (Å²) < 4.78 is 32.1. The number of amides is 1. The maximum atomic E-state index is 12.5. The van der Waals surface area contributed by atoms with Crippen LogP contribution in [-0.4, -0.2) is 36.9 Å². The lowest BCUT2D eigenvalue weighted by Gasteiger charge is -2.13. The fraction of sp³-hybridized carbons (Fsp3) is 0.375. The van der Waals surface area contributed by atoms with Crippen LogP contribution in [0.1, 0.15) is 36.1 Å². The molecule has 1 N–H and O–H groups in total. The zero-order valence-electron chi connectivity index (χ0n) is 14.0. The first-order chi connectivity index (χ1) is 11.9. The highest BCUT2D eigenvalue weighted by atomic mass is 32.2. The summed E-state index contributed by atoms with van der Waals surface area (Å²) in [5, 5.41) is 6.52. The first-order valence-electron chi connectivity index (χ1n) is 7.90. The van der Waals surface area contributed by atoms with Crippen molar-refractivity contribution in [3.8, 4) is 0 Å². The van der Waals surface area contributed by atoms with Crippen LogP contribution in [0.4, 0.5) is 5.69 Å². The SMILES string of the molecule is CC(=O)Nc1c(C)noc1/C=C/c1ccc(S(=O)(=O)N2CCCC2)s1. The van der Waals surface area contributed by atoms with Gasteiger partial charge in [0.05, 0.1) is 0 Å². The Morgan fingerprint density at radius 3 is 2.72 bits per heavy atom. The molecule has 25 heavy (non-hydrogen) atoms. The molecule has 9 heteroatoms. The number of nitrogens with one attached hydrogen (secondary N) is 1. The van der Waals surface area contributed by atoms with Crippen LogP contribution in [0, 0.1) is 6.92 Å². The molecule has 3 rings (SSSR count). The number of carbonyl (C=O) groups is 1. The molecule has 0 saturated carbocycles. The van der Waals surface area contributed by atoms with Crippen LogP contribution >= 0.6 is 11.3 Å². The predicted octanol–water partition coefficient (Wildman–Crippen LogP) is 2.96. The zero-order chi connectivity index (χ0) is 18.0. The minimum atomic E-state index is -3.40. The summed E-state index contributed by atoms with van der Waals surface area (Å²) >= 11 is 1.21. The number of hydrogen-bond donors (Lipinski definition) is 1. The lowest BCUT2D eigenvalue weighted by Crippen LogP contribution is -2.27. The van der Waals surface area contributed by atoms with Gasteiger partial charge >= 0.3 is 0 Å². The van der Waals surface area contributed by atoms with Crippen molar-refractivity contribution in [1.82, 2.24) is 9.46 Å². The van der Waals surface area contributed by atoms with Crippen molar-refractivity contribution in [3.63, 3.8) is 0 Å². The van der Waals surface area contributed by atoms with Gasteiger partial charge in [-0.05, 0) is 44.1 Å². The van der Waals surface area contributed by atoms with E-state index in [1.807, 2.05) is 0 Å². The highest BCUT2D eigenvalue weighted by Gasteiger charge is 2.28. The average Bonchev–Trinajstić information content (AvgIpc) is 3.28. The summed E-state index contributed by atoms with van der Waals surface area (Å²) in [7, 11) is -3.40. The van der Waals surface area contributed by atoms with E-state index in [2.05, 4.69) is 10.5 Å². The van der Waals surface area contributed by atoms with Crippen molar-refractivity contribution in [2.45, 2.75) is 30.9 Å². The van der Waals surface area contributed by atoms with Crippen molar-refractivity contribution in [2.75, 3.05) is 18.4 Å². The summed E-state index contributed by atoms with van der Waals surface area (Å²) in [5.74, 6) is 0.209. The van der Waals surface area contributed by atoms with Crippen LogP contribution < -0.4 is 5.32 Å². The van der Waals surface area contributed by atoms with Gasteiger partial charge in [0.15, 0.2) is 5.76 Å². The molecule has 1 saturated heterocycles. The van der Waals surface area contributed by atoms with Crippen LogP contribution in [0.2, 0.25) is 0 Å². The van der Waals surface area contributed by atoms with Gasteiger partial charge in [-0.3, -0.25) is 4.79 Å². The van der Waals surface area contributed by atoms with Gasteiger partial charge in [-0.1, -0.05) is 5.16 Å². The van der Waals surface area contributed by atoms with Crippen molar-refractivity contribution < 1.29 is 17.7 Å². The topological polar surface area (TPSA) is 92.5 Å². The zero-order valence-corrected chi connectivity index (χ0v) is 15.6. The average molecular weight is 381 g/mol. The molecule has 0 aromatic carbocycles. The summed E-state index contributed by atoms with van der Waals surface area (Å²) in [6, 6.07) is 3.38. The molecule has 1 amide bonds. The van der Waals surface area contributed by atoms with Crippen molar-refractivity contribution in [2.24, 2.45) is 0 Å². The summed E-state index contributed by atoms with van der Waals surface area (Å²) in [5.41, 5.74) is 1.10. The molecular formula is C16H19N3O4S2. The van der Waals surface area contributed by atoms with Crippen molar-refractivity contribution >= 4 is 45.1 Å². The fourth-order valence-corrected chi connectivity index (χ4v) is 5.51. The monoisotopic (exact) mass is 381 g/mol. The van der Waals surface area contributed by atoms with Crippen LogP contribution in [0.3, 0.4) is 0 Å². The number of aryl methyl sites for hydroxylation is 1. The van der Waals surface area contributed by atoms with E-state index in [1.54, 1.807) is 31.2 Å². The van der Waals surface area contributed by atoms with Gasteiger partial charge in [-0.15, -0.1) is 11.3 Å². The first-order valence-corrected chi connectivity index (χ1v) is 10.2. The Kier molecular flexibility index (Phi) is 5.07. The van der Waals surface area contributed by atoms with Gasteiger partial charge < -0.3 is 9.84 Å². The van der Waals surface area contributed by atoms with Crippen LogP contribution in [-0.2, 0) is 14.8 Å². The van der Waals surface area contributed by atoms with Crippen LogP contribution in [0.15, 0.2) is 20.9 Å². The second-order valence-electron chi connectivity index (χ2n) is 5.79. The Balaban J connectivity index is 1.80. The van der Waals surface area contributed by atoms with E-state index in [-0.39, 0.29) is 5.91 Å². The molecule has 0 spiro atoms. The lowest BCUT2D eigenvalue weighted by molar-refractivity contribution is -0.114. The van der Waals surface area contributed by atoms with E-state index >= 15 is 0 Å². The highest BCUT2D eigenvalue weighted by molar-refractivity contribution is 7.91. The quantitative estimate of drug-likeness (QED) is 0.859. The van der Waals surface area contributed by atoms with Crippen LogP contribution in [0.5, 0.6) is 0 Å². The van der Waals surface area contributed by atoms with E-state index in [0.29, 0.717) is 34.4 Å². The van der Waals surface area contributed by atoms with E-state index < -0.39 is 10.0 Å². The van der Waals surface area contributed by atoms with Crippen LogP contribution in [0.25, 0.3) is 12.2 Å². The Morgan fingerprint density at radius 2 is 2.04 bits per heavy atom. The molecule has 0 atom stereocenters. The maximum Gasteiger partial charge on any atom is 0.252 e. The third-order valence-corrected chi connectivity index (χ3v) is 7.27. The number of anilines is 1. The third-order valence-electron chi connectivity index (χ3n) is 3.85. The molecule has 0 unspecified atom stereocenters. The number of aromatic nitrogens is 1. The summed E-state index contributed by atoms with van der Waals surface area (Å²) in [6.07, 6.45) is 5.24. The second kappa shape index (κ2) is 7.11. The first kappa shape index (κ1) is 17.8. The standard InChI is InChI=1S/C16H19N3O4S2/c1-11-16(17-12(2)20)14(23-18-11)7-5-13-6-8-15(24-13)25(21,22)19-9-3-4-10-19/h5-8H,3-4,9-10H2,1-2H3,(H,17,20)/b7-5+. The summed E-state index contributed by atoms with van der Waals surface area (Å²) in [4.78, 5) is 12.0. The van der Waals surface area contributed by atoms with Gasteiger partial charge in [0.25, 0.3) is 10.0 Å². The fourth-order valence-electron chi connectivity index (χ4n) is 2.61. The Labute approximate surface area is 150 Å². The normalized spacial score (nSPS) is 15.9. The molecule has 7 nitrogen and oxygen atoms in total. The molecule has 0 aliphatic carbocycles. The van der Waals surface area contributed by atoms with Gasteiger partial charge in [0.2, 0.25) is 5.91 Å². The molecule has 0 bridgehead atoms. The third kappa shape index (κ3) is 3.83. The minimum absolute atomic E-state index is 0.212. The molecule has 1 aliphatic heterocycles. The van der Waals surface area contributed by atoms with E-state index in [9.17, 15) is 13.2 Å². The second-order valence-corrected chi connectivity index (χ2v) is 9.07. The Morgan fingerprint density at radius 1 is 1.32 bits per heavy atom. The lowest BCUT2D eigenvalue weighted by atomic mass is 10.2. The van der Waals surface area contributed by atoms with Gasteiger partial charge in [-0.25, -0.2) is 8.42 Å². The Hall–Kier alpha value is -1.97. The van der Waals surface area contributed by atoms with Gasteiger partial charge in [-0.2, -0.15) is 4.31 Å². The number of rotatable bonds is 5. The van der Waals surface area contributed by atoms with Crippen molar-refractivity contribution in [1.29, 1.82) is 0 Å². The molecule has 1 fully saturated rings. The van der Waals surface area contributed by atoms with E-state index in [0.717, 1.165) is 17.7 Å². The van der Waals surface area contributed by atoms with E-state index in [4.69, 9.17) is 4.52 Å². The minimum Gasteiger partial charge on any atom is -0.354 e. The number of thiophene rings is 1. The number of sulfonamides is 1. The summed E-state index contributed by atoms with van der Waals surface area (Å²) in [6.45, 7) is 4.32. The van der Waals surface area contributed by atoms with Gasteiger partial charge in [0, 0.05) is 24.9 Å². The molecule has 2 aromatic heterocycles. The largest absolute Gasteiger partial charge is 0.354 e. The number of nitrogens with zero attached hydrogens (tertiary/aromatic N) is 2. The molecule has 134 valence electrons. The predicted molar refractivity (Wildman–Crippen MR) is 96.8 cm³/mol. The number of carbonyl (C=O) groups excluding carboxylic acids is 1. The number of hydrogen-bond acceptors (Lipinski definition) is 6. The molecule has 2 aromatic rings.